The summed E-state index contributed by atoms with van der Waals surface area (Å²) >= 11 is 0. The monoisotopic (exact) mass is 540 g/mol. The number of phenolic OH excluding ortho intramolecular Hbond substituents is 1. The minimum atomic E-state index is -2.74. The van der Waals surface area contributed by atoms with Crippen LogP contribution in [-0.4, -0.2) is 110 Å². The number of Topliss-reactive ketones (excluding diaryl/α,β-unsaturated/α-hetero) is 4. The Balaban J connectivity index is 1.87. The molecule has 1 aromatic carbocycles. The normalized spacial score (nSPS) is 30.5. The highest BCUT2D eigenvalue weighted by Gasteiger charge is 2.69. The molecule has 0 radical (unpaired) electrons. The third kappa shape index (κ3) is 4.29. The third-order valence-corrected chi connectivity index (χ3v) is 8.32. The number of hydrogen-bond acceptors (Lipinski definition) is 10. The van der Waals surface area contributed by atoms with Gasteiger partial charge < -0.3 is 25.7 Å². The number of aliphatic hydroxyl groups is 1. The molecule has 6 atom stereocenters. The second-order valence-electron chi connectivity index (χ2n) is 11.5. The molecule has 2 saturated carbocycles. The first-order valence-electron chi connectivity index (χ1n) is 12.9. The molecular weight excluding hydrogens is 504 g/mol. The summed E-state index contributed by atoms with van der Waals surface area (Å²) in [6, 6.07) is 0.653. The summed E-state index contributed by atoms with van der Waals surface area (Å²) in [5.74, 6) is -10.5. The molecule has 0 spiro atoms. The van der Waals surface area contributed by atoms with Crippen molar-refractivity contribution in [1.29, 1.82) is 0 Å². The van der Waals surface area contributed by atoms with E-state index < -0.39 is 64.4 Å². The average Bonchev–Trinajstić information content (AvgIpc) is 2.81. The quantitative estimate of drug-likeness (QED) is 0.402. The zero-order valence-electron chi connectivity index (χ0n) is 23.1. The number of phenols is 1. The van der Waals surface area contributed by atoms with E-state index in [0.29, 0.717) is 23.4 Å². The van der Waals surface area contributed by atoms with Gasteiger partial charge in [-0.15, -0.1) is 0 Å². The lowest BCUT2D eigenvalue weighted by Crippen LogP contribution is -2.74. The lowest BCUT2D eigenvalue weighted by atomic mass is 9.52. The van der Waals surface area contributed by atoms with E-state index in [2.05, 4.69) is 0 Å². The second kappa shape index (κ2) is 9.96. The maximum atomic E-state index is 14.0. The highest BCUT2D eigenvalue weighted by molar-refractivity contribution is 6.32. The summed E-state index contributed by atoms with van der Waals surface area (Å²) < 4.78 is 0. The first-order valence-corrected chi connectivity index (χ1v) is 12.9. The Hall–Kier alpha value is -3.41. The molecule has 0 heterocycles. The van der Waals surface area contributed by atoms with E-state index in [0.717, 1.165) is 0 Å². The molecule has 3 aliphatic rings. The lowest BCUT2D eigenvalue weighted by Gasteiger charge is -2.52. The molecule has 4 N–H and O–H groups in total. The van der Waals surface area contributed by atoms with Crippen LogP contribution in [0.5, 0.6) is 5.75 Å². The largest absolute Gasteiger partial charge is 0.507 e. The van der Waals surface area contributed by atoms with Gasteiger partial charge in [0, 0.05) is 37.8 Å². The summed E-state index contributed by atoms with van der Waals surface area (Å²) in [5.41, 5.74) is 4.27. The topological polar surface area (TPSA) is 162 Å². The van der Waals surface area contributed by atoms with Crippen LogP contribution >= 0.6 is 0 Å². The molecule has 1 aromatic rings. The molecule has 2 fully saturated rings. The molecule has 39 heavy (non-hydrogen) atoms. The second-order valence-corrected chi connectivity index (χ2v) is 11.5. The molecule has 0 aliphatic heterocycles. The Labute approximate surface area is 227 Å². The number of benzene rings is 1. The number of nitrogens with zero attached hydrogens (tertiary/aromatic N) is 3. The minimum Gasteiger partial charge on any atom is -0.507 e. The number of fused-ring (bicyclic) bond motifs is 3. The fraction of sp³-hybridized carbons (Fsp3) is 0.536. The van der Waals surface area contributed by atoms with Crippen molar-refractivity contribution < 1.29 is 34.2 Å². The van der Waals surface area contributed by atoms with Crippen molar-refractivity contribution in [2.24, 2.45) is 29.4 Å². The van der Waals surface area contributed by atoms with E-state index in [-0.39, 0.29) is 24.2 Å². The number of ketones is 4. The minimum absolute atomic E-state index is 0.0159. The summed E-state index contributed by atoms with van der Waals surface area (Å²) in [7, 11) is 10.5. The smallest absolute Gasteiger partial charge is 0.235 e. The molecule has 210 valence electrons. The van der Waals surface area contributed by atoms with Crippen LogP contribution in [0.3, 0.4) is 0 Å². The van der Waals surface area contributed by atoms with Crippen LogP contribution in [0, 0.1) is 23.7 Å². The zero-order valence-corrected chi connectivity index (χ0v) is 23.1. The first kappa shape index (κ1) is 28.6. The highest BCUT2D eigenvalue weighted by atomic mass is 16.3. The molecule has 11 nitrogen and oxygen atoms in total. The Kier molecular flexibility index (Phi) is 7.30. The maximum Gasteiger partial charge on any atom is 0.235 e. The van der Waals surface area contributed by atoms with E-state index in [1.807, 2.05) is 44.1 Å². The predicted octanol–water partition coefficient (Wildman–Crippen LogP) is -0.492. The van der Waals surface area contributed by atoms with Gasteiger partial charge in [0.25, 0.3) is 0 Å². The van der Waals surface area contributed by atoms with Gasteiger partial charge in [0.15, 0.2) is 34.7 Å². The third-order valence-electron chi connectivity index (χ3n) is 8.32. The van der Waals surface area contributed by atoms with Gasteiger partial charge in [0.1, 0.15) is 5.75 Å². The molecule has 4 rings (SSSR count). The standard InChI is InChI=1S/C28H36N4O7/c1-30(2)9-7-8-13-12-17(31(3)4)15-10-14-11-16-21(32(5)6)24(35)20(27(29)38)26(37)28(16,39)25(36)18(14)23(34)19(15)22(13)33/h7-8,12,14,16,18,20-21,33,39H,9-11H2,1-6H3,(H2,29,38)/t14-,16-,18?,20?,21-,28-/m0/s1. The summed E-state index contributed by atoms with van der Waals surface area (Å²) in [6.45, 7) is 0.592. The van der Waals surface area contributed by atoms with E-state index in [1.165, 1.54) is 4.90 Å². The lowest BCUT2D eigenvalue weighted by molar-refractivity contribution is -0.181. The van der Waals surface area contributed by atoms with E-state index in [1.54, 1.807) is 26.2 Å². The van der Waals surface area contributed by atoms with E-state index in [9.17, 15) is 34.2 Å². The molecule has 1 amide bonds. The number of hydrogen-bond donors (Lipinski definition) is 3. The molecule has 3 aliphatic carbocycles. The molecule has 0 saturated heterocycles. The van der Waals surface area contributed by atoms with Crippen molar-refractivity contribution in [1.82, 2.24) is 9.80 Å². The van der Waals surface area contributed by atoms with Crippen molar-refractivity contribution in [2.75, 3.05) is 53.7 Å². The van der Waals surface area contributed by atoms with Crippen LogP contribution in [-0.2, 0) is 25.6 Å². The number of primary amides is 1. The molecule has 11 heteroatoms. The van der Waals surface area contributed by atoms with Gasteiger partial charge in [0.05, 0.1) is 17.5 Å². The SMILES string of the molecule is CN(C)CC=Cc1cc(N(C)C)c2c(c1O)C(=O)C1C(=O)[C@]3(O)C(=O)C(C(N)=O)C(=O)[C@@H](N(C)C)[C@@H]3C[C@@H]1C2. The van der Waals surface area contributed by atoms with Crippen LogP contribution < -0.4 is 10.6 Å². The highest BCUT2D eigenvalue weighted by Crippen LogP contribution is 2.52. The number of rotatable bonds is 6. The van der Waals surface area contributed by atoms with Crippen LogP contribution in [0.25, 0.3) is 6.08 Å². The van der Waals surface area contributed by atoms with E-state index >= 15 is 0 Å². The Bertz CT molecular complexity index is 1300. The number of amides is 1. The number of likely N-dealkylation sites (N-methyl/N-ethyl adjacent to an activating group) is 2. The Morgan fingerprint density at radius 3 is 2.28 bits per heavy atom. The van der Waals surface area contributed by atoms with Gasteiger partial charge in [-0.2, -0.15) is 0 Å². The van der Waals surface area contributed by atoms with Crippen LogP contribution in [0.4, 0.5) is 5.69 Å². The zero-order chi connectivity index (χ0) is 29.1. The fourth-order valence-corrected chi connectivity index (χ4v) is 6.59. The van der Waals surface area contributed by atoms with Crippen LogP contribution in [0.1, 0.15) is 27.9 Å². The summed E-state index contributed by atoms with van der Waals surface area (Å²) in [6.07, 6.45) is 3.76. The van der Waals surface area contributed by atoms with Gasteiger partial charge in [-0.3, -0.25) is 28.9 Å². The number of anilines is 1. The van der Waals surface area contributed by atoms with Crippen molar-refractivity contribution in [3.05, 3.63) is 28.8 Å². The van der Waals surface area contributed by atoms with Gasteiger partial charge >= 0.3 is 0 Å². The predicted molar refractivity (Wildman–Crippen MR) is 143 cm³/mol. The van der Waals surface area contributed by atoms with Gasteiger partial charge in [-0.05, 0) is 58.6 Å². The number of aromatic hydroxyl groups is 1. The number of nitrogens with two attached hydrogens (primary N) is 1. The first-order chi connectivity index (χ1) is 18.1. The summed E-state index contributed by atoms with van der Waals surface area (Å²) in [5, 5.41) is 22.9. The molecule has 0 aromatic heterocycles. The van der Waals surface area contributed by atoms with Crippen LogP contribution in [0.15, 0.2) is 12.1 Å². The van der Waals surface area contributed by atoms with Crippen molar-refractivity contribution >= 4 is 40.8 Å². The van der Waals surface area contributed by atoms with Gasteiger partial charge in [0.2, 0.25) is 5.91 Å². The van der Waals surface area contributed by atoms with Crippen LogP contribution in [0.2, 0.25) is 0 Å². The average molecular weight is 541 g/mol. The van der Waals surface area contributed by atoms with Crippen molar-refractivity contribution in [3.63, 3.8) is 0 Å². The van der Waals surface area contributed by atoms with E-state index in [4.69, 9.17) is 5.73 Å². The maximum absolute atomic E-state index is 14.0. The van der Waals surface area contributed by atoms with Gasteiger partial charge in [-0.1, -0.05) is 12.2 Å². The Morgan fingerprint density at radius 2 is 1.74 bits per heavy atom. The van der Waals surface area contributed by atoms with Crippen molar-refractivity contribution in [3.8, 4) is 5.75 Å². The molecule has 0 bridgehead atoms. The molecule has 2 unspecified atom stereocenters. The fourth-order valence-electron chi connectivity index (χ4n) is 6.59. The number of carbonyl (C=O) groups excluding carboxylic acids is 5. The molecular formula is C28H36N4O7. The van der Waals surface area contributed by atoms with Crippen molar-refractivity contribution in [2.45, 2.75) is 24.5 Å². The number of carbonyl (C=O) groups is 5. The summed E-state index contributed by atoms with van der Waals surface area (Å²) in [4.78, 5) is 71.9. The Morgan fingerprint density at radius 1 is 1.10 bits per heavy atom. The van der Waals surface area contributed by atoms with Gasteiger partial charge in [-0.25, -0.2) is 0 Å².